The number of hydrogen-bond acceptors (Lipinski definition) is 1. The average molecular weight is 356 g/mol. The lowest BCUT2D eigenvalue weighted by atomic mass is 9.90. The van der Waals surface area contributed by atoms with Gasteiger partial charge in [-0.15, -0.1) is 6.58 Å². The Balaban J connectivity index is 5.41. The van der Waals surface area contributed by atoms with Gasteiger partial charge in [0.2, 0.25) is 0 Å². The fraction of sp³-hybridized carbons (Fsp3) is 0.520. The van der Waals surface area contributed by atoms with Crippen LogP contribution in [0, 0.1) is 0 Å². The predicted octanol–water partition coefficient (Wildman–Crippen LogP) is 7.76. The van der Waals surface area contributed by atoms with Crippen molar-refractivity contribution in [3.63, 3.8) is 0 Å². The minimum Gasteiger partial charge on any atom is -0.369 e. The average Bonchev–Trinajstić information content (AvgIpc) is 2.62. The van der Waals surface area contributed by atoms with E-state index in [0.717, 1.165) is 18.5 Å². The summed E-state index contributed by atoms with van der Waals surface area (Å²) >= 11 is 0. The van der Waals surface area contributed by atoms with Gasteiger partial charge in [-0.2, -0.15) is 0 Å². The van der Waals surface area contributed by atoms with Crippen molar-refractivity contribution in [3.8, 4) is 0 Å². The summed E-state index contributed by atoms with van der Waals surface area (Å²) in [6.07, 6.45) is 15.2. The number of allylic oxidation sites excluding steroid dienone is 9. The topological polar surface area (TPSA) is 3.24 Å². The van der Waals surface area contributed by atoms with Crippen molar-refractivity contribution in [1.82, 2.24) is 4.90 Å². The fourth-order valence-electron chi connectivity index (χ4n) is 3.13. The van der Waals surface area contributed by atoms with E-state index in [-0.39, 0.29) is 5.54 Å². The molecule has 0 aromatic heterocycles. The highest BCUT2D eigenvalue weighted by molar-refractivity contribution is 5.43. The molecule has 0 saturated heterocycles. The molecule has 1 nitrogen and oxygen atoms in total. The van der Waals surface area contributed by atoms with Gasteiger partial charge in [0.15, 0.2) is 0 Å². The summed E-state index contributed by atoms with van der Waals surface area (Å²) in [7, 11) is 2.17. The Morgan fingerprint density at radius 3 is 2.12 bits per heavy atom. The van der Waals surface area contributed by atoms with Crippen molar-refractivity contribution in [1.29, 1.82) is 0 Å². The van der Waals surface area contributed by atoms with Crippen molar-refractivity contribution < 1.29 is 0 Å². The third-order valence-corrected chi connectivity index (χ3v) is 5.44. The highest BCUT2D eigenvalue weighted by Crippen LogP contribution is 2.29. The van der Waals surface area contributed by atoms with E-state index in [1.54, 1.807) is 0 Å². The highest BCUT2D eigenvalue weighted by Gasteiger charge is 2.27. The normalized spacial score (nSPS) is 16.3. The maximum atomic E-state index is 4.36. The van der Waals surface area contributed by atoms with Crippen LogP contribution < -0.4 is 0 Å². The first-order chi connectivity index (χ1) is 12.2. The first kappa shape index (κ1) is 24.2. The summed E-state index contributed by atoms with van der Waals surface area (Å²) in [5.41, 5.74) is 6.33. The minimum atomic E-state index is 0.165. The van der Waals surface area contributed by atoms with E-state index in [4.69, 9.17) is 0 Å². The Bertz CT molecular complexity index is 598. The first-order valence-corrected chi connectivity index (χ1v) is 9.89. The molecule has 0 N–H and O–H groups in total. The smallest absolute Gasteiger partial charge is 0.0368 e. The van der Waals surface area contributed by atoms with E-state index < -0.39 is 0 Å². The lowest BCUT2D eigenvalue weighted by Crippen LogP contribution is -2.42. The molecule has 0 aromatic carbocycles. The van der Waals surface area contributed by atoms with Crippen LogP contribution in [0.4, 0.5) is 0 Å². The molecule has 0 fully saturated rings. The third kappa shape index (κ3) is 7.23. The van der Waals surface area contributed by atoms with E-state index >= 15 is 0 Å². The first-order valence-electron chi connectivity index (χ1n) is 9.89. The molecule has 0 saturated carbocycles. The highest BCUT2D eigenvalue weighted by atomic mass is 15.2. The van der Waals surface area contributed by atoms with Gasteiger partial charge in [0.25, 0.3) is 0 Å². The lowest BCUT2D eigenvalue weighted by Gasteiger charge is -2.41. The van der Waals surface area contributed by atoms with Crippen LogP contribution >= 0.6 is 0 Å². The van der Waals surface area contributed by atoms with Gasteiger partial charge < -0.3 is 4.90 Å². The zero-order valence-electron chi connectivity index (χ0n) is 18.6. The predicted molar refractivity (Wildman–Crippen MR) is 120 cm³/mol. The molecular weight excluding hydrogens is 314 g/mol. The van der Waals surface area contributed by atoms with Gasteiger partial charge in [-0.25, -0.2) is 0 Å². The van der Waals surface area contributed by atoms with Gasteiger partial charge in [0.05, 0.1) is 0 Å². The second-order valence-electron chi connectivity index (χ2n) is 7.53. The van der Waals surface area contributed by atoms with Crippen LogP contribution in [0.15, 0.2) is 71.5 Å². The molecule has 0 aliphatic rings. The second-order valence-corrected chi connectivity index (χ2v) is 7.53. The van der Waals surface area contributed by atoms with Crippen molar-refractivity contribution in [2.24, 2.45) is 0 Å². The molecule has 0 spiro atoms. The van der Waals surface area contributed by atoms with Crippen LogP contribution in [0.5, 0.6) is 0 Å². The monoisotopic (exact) mass is 355 g/mol. The SMILES string of the molecule is C=CC/C(C)=C/C(=C\C)C(/C)=C\C=C(\C)C(=C)N(C)C(C)(CC)CCC. The summed E-state index contributed by atoms with van der Waals surface area (Å²) < 4.78 is 0. The van der Waals surface area contributed by atoms with Crippen LogP contribution in [0.2, 0.25) is 0 Å². The van der Waals surface area contributed by atoms with Gasteiger partial charge in [0.1, 0.15) is 0 Å². The Labute approximate surface area is 163 Å². The van der Waals surface area contributed by atoms with E-state index in [0.29, 0.717) is 0 Å². The van der Waals surface area contributed by atoms with Gasteiger partial charge in [-0.1, -0.05) is 62.8 Å². The largest absolute Gasteiger partial charge is 0.369 e. The van der Waals surface area contributed by atoms with E-state index in [2.05, 4.69) is 97.9 Å². The quantitative estimate of drug-likeness (QED) is 0.270. The molecule has 0 rings (SSSR count). The van der Waals surface area contributed by atoms with Crippen LogP contribution in [-0.2, 0) is 0 Å². The summed E-state index contributed by atoms with van der Waals surface area (Å²) in [5, 5.41) is 0. The van der Waals surface area contributed by atoms with Crippen molar-refractivity contribution in [3.05, 3.63) is 71.5 Å². The van der Waals surface area contributed by atoms with Crippen LogP contribution in [0.3, 0.4) is 0 Å². The molecule has 146 valence electrons. The Hall–Kier alpha value is -1.76. The molecule has 1 heteroatoms. The van der Waals surface area contributed by atoms with E-state index in [1.165, 1.54) is 35.1 Å². The summed E-state index contributed by atoms with van der Waals surface area (Å²) in [4.78, 5) is 2.36. The standard InChI is InChI=1S/C25H41N/c1-11-15-20(5)19-24(13-3)22(7)17-16-21(6)23(8)26(10)25(9,14-4)18-12-2/h11,13,16-17,19H,1,8,12,14-15,18H2,2-7,9-10H3/b20-19+,21-16-,22-17-,24-13+. The van der Waals surface area contributed by atoms with Crippen LogP contribution in [0.1, 0.15) is 74.1 Å². The molecule has 0 aliphatic carbocycles. The molecule has 0 heterocycles. The van der Waals surface area contributed by atoms with Crippen molar-refractivity contribution >= 4 is 0 Å². The molecule has 0 amide bonds. The Morgan fingerprint density at radius 2 is 1.65 bits per heavy atom. The zero-order valence-corrected chi connectivity index (χ0v) is 18.6. The number of rotatable bonds is 11. The fourth-order valence-corrected chi connectivity index (χ4v) is 3.13. The Morgan fingerprint density at radius 1 is 1.08 bits per heavy atom. The number of nitrogens with zero attached hydrogens (tertiary/aromatic N) is 1. The lowest BCUT2D eigenvalue weighted by molar-refractivity contribution is 0.165. The third-order valence-electron chi connectivity index (χ3n) is 5.44. The maximum absolute atomic E-state index is 4.36. The molecule has 0 bridgehead atoms. The van der Waals surface area contributed by atoms with Gasteiger partial charge >= 0.3 is 0 Å². The molecule has 0 radical (unpaired) electrons. The van der Waals surface area contributed by atoms with Crippen molar-refractivity contribution in [2.75, 3.05) is 7.05 Å². The maximum Gasteiger partial charge on any atom is 0.0368 e. The number of hydrogen-bond donors (Lipinski definition) is 0. The summed E-state index contributed by atoms with van der Waals surface area (Å²) in [6.45, 7) is 23.6. The van der Waals surface area contributed by atoms with Crippen LogP contribution in [0.25, 0.3) is 0 Å². The van der Waals surface area contributed by atoms with Gasteiger partial charge in [0, 0.05) is 18.3 Å². The van der Waals surface area contributed by atoms with Crippen LogP contribution in [-0.4, -0.2) is 17.5 Å². The summed E-state index contributed by atoms with van der Waals surface area (Å²) in [5.74, 6) is 0. The molecule has 1 unspecified atom stereocenters. The Kier molecular flexibility index (Phi) is 11.0. The van der Waals surface area contributed by atoms with E-state index in [9.17, 15) is 0 Å². The molecule has 0 aromatic rings. The molecule has 0 aliphatic heterocycles. The summed E-state index contributed by atoms with van der Waals surface area (Å²) in [6, 6.07) is 0. The molecular formula is C25H41N. The van der Waals surface area contributed by atoms with Gasteiger partial charge in [-0.3, -0.25) is 0 Å². The minimum absolute atomic E-state index is 0.165. The van der Waals surface area contributed by atoms with E-state index in [1.807, 2.05) is 6.08 Å². The number of likely N-dealkylation sites (N-methyl/N-ethyl adjacent to an activating group) is 1. The second kappa shape index (κ2) is 11.8. The van der Waals surface area contributed by atoms with Crippen molar-refractivity contribution in [2.45, 2.75) is 79.7 Å². The van der Waals surface area contributed by atoms with Gasteiger partial charge in [-0.05, 0) is 70.6 Å². The molecule has 26 heavy (non-hydrogen) atoms. The zero-order chi connectivity index (χ0) is 20.3. The molecule has 1 atom stereocenters.